The smallest absolute Gasteiger partial charge is 0.160 e. The van der Waals surface area contributed by atoms with Gasteiger partial charge < -0.3 is 15.2 Å². The third-order valence-corrected chi connectivity index (χ3v) is 4.48. The van der Waals surface area contributed by atoms with Gasteiger partial charge in [0.1, 0.15) is 11.5 Å². The topological polar surface area (TPSA) is 44.7 Å². The molecular formula is C19H22F2N2O2. The van der Waals surface area contributed by atoms with Crippen LogP contribution >= 0.6 is 0 Å². The van der Waals surface area contributed by atoms with Gasteiger partial charge in [-0.15, -0.1) is 0 Å². The number of rotatable bonds is 5. The van der Waals surface area contributed by atoms with Crippen LogP contribution in [0.25, 0.3) is 0 Å². The van der Waals surface area contributed by atoms with Crippen LogP contribution in [0.4, 0.5) is 14.5 Å². The van der Waals surface area contributed by atoms with Gasteiger partial charge in [-0.2, -0.15) is 0 Å². The summed E-state index contributed by atoms with van der Waals surface area (Å²) < 4.78 is 31.5. The highest BCUT2D eigenvalue weighted by Crippen LogP contribution is 2.26. The van der Waals surface area contributed by atoms with E-state index in [2.05, 4.69) is 10.2 Å². The lowest BCUT2D eigenvalue weighted by molar-refractivity contribution is 0.206. The quantitative estimate of drug-likeness (QED) is 0.864. The van der Waals surface area contributed by atoms with Crippen molar-refractivity contribution in [3.05, 3.63) is 53.6 Å². The average molecular weight is 348 g/mol. The van der Waals surface area contributed by atoms with Crippen LogP contribution in [0.2, 0.25) is 0 Å². The third-order valence-electron chi connectivity index (χ3n) is 4.48. The van der Waals surface area contributed by atoms with E-state index in [0.29, 0.717) is 18.0 Å². The molecule has 0 aliphatic carbocycles. The Bertz CT molecular complexity index is 739. The Balaban J connectivity index is 1.62. The molecule has 0 aromatic heterocycles. The maximum atomic E-state index is 13.3. The van der Waals surface area contributed by atoms with Gasteiger partial charge in [-0.3, -0.25) is 4.90 Å². The van der Waals surface area contributed by atoms with Crippen LogP contribution < -0.4 is 10.1 Å². The molecular weight excluding hydrogens is 326 g/mol. The lowest BCUT2D eigenvalue weighted by Crippen LogP contribution is -2.41. The van der Waals surface area contributed by atoms with Crippen LogP contribution in [-0.2, 0) is 6.54 Å². The molecule has 0 unspecified atom stereocenters. The minimum Gasteiger partial charge on any atom is -0.507 e. The maximum absolute atomic E-state index is 13.3. The fraction of sp³-hybridized carbons (Fsp3) is 0.368. The first-order chi connectivity index (χ1) is 12.0. The van der Waals surface area contributed by atoms with E-state index in [1.54, 1.807) is 19.2 Å². The first-order valence-corrected chi connectivity index (χ1v) is 8.35. The molecule has 2 aromatic rings. The molecule has 0 bridgehead atoms. The summed E-state index contributed by atoms with van der Waals surface area (Å²) in [6, 6.07) is 9.32. The number of benzene rings is 2. The molecule has 0 radical (unpaired) electrons. The minimum absolute atomic E-state index is 0.152. The molecule has 134 valence electrons. The zero-order valence-electron chi connectivity index (χ0n) is 14.1. The van der Waals surface area contributed by atoms with E-state index in [1.807, 2.05) is 12.1 Å². The second-order valence-electron chi connectivity index (χ2n) is 6.34. The number of hydrogen-bond acceptors (Lipinski definition) is 4. The van der Waals surface area contributed by atoms with Gasteiger partial charge in [-0.25, -0.2) is 8.78 Å². The number of aromatic hydroxyl groups is 1. The Kier molecular flexibility index (Phi) is 5.38. The van der Waals surface area contributed by atoms with Crippen molar-refractivity contribution in [1.29, 1.82) is 0 Å². The molecule has 6 heteroatoms. The molecule has 2 aromatic carbocycles. The van der Waals surface area contributed by atoms with E-state index in [9.17, 15) is 13.9 Å². The zero-order chi connectivity index (χ0) is 17.8. The number of piperidine rings is 1. The van der Waals surface area contributed by atoms with Crippen LogP contribution in [0, 0.1) is 11.6 Å². The predicted molar refractivity (Wildman–Crippen MR) is 92.9 cm³/mol. The molecule has 2 N–H and O–H groups in total. The zero-order valence-corrected chi connectivity index (χ0v) is 14.1. The second-order valence-corrected chi connectivity index (χ2v) is 6.34. The van der Waals surface area contributed by atoms with Crippen molar-refractivity contribution in [1.82, 2.24) is 4.90 Å². The molecule has 1 heterocycles. The lowest BCUT2D eigenvalue weighted by Gasteiger charge is -2.33. The Morgan fingerprint density at radius 2 is 2.04 bits per heavy atom. The number of phenols is 1. The highest BCUT2D eigenvalue weighted by Gasteiger charge is 2.21. The normalized spacial score (nSPS) is 18.1. The van der Waals surface area contributed by atoms with Crippen molar-refractivity contribution in [2.24, 2.45) is 0 Å². The van der Waals surface area contributed by atoms with Crippen LogP contribution in [0.5, 0.6) is 11.5 Å². The number of likely N-dealkylation sites (tertiary alicyclic amines) is 1. The highest BCUT2D eigenvalue weighted by atomic mass is 19.2. The molecule has 1 aliphatic heterocycles. The minimum atomic E-state index is -0.846. The summed E-state index contributed by atoms with van der Waals surface area (Å²) in [6.07, 6.45) is 1.96. The fourth-order valence-electron chi connectivity index (χ4n) is 3.18. The lowest BCUT2D eigenvalue weighted by atomic mass is 10.0. The third kappa shape index (κ3) is 4.39. The highest BCUT2D eigenvalue weighted by molar-refractivity contribution is 5.44. The standard InChI is InChI=1S/C19H22F2N2O2/c1-25-16-6-4-13(19(24)10-16)11-23-8-2-3-15(12-23)22-14-5-7-17(20)18(21)9-14/h4-7,9-10,15,22,24H,2-3,8,11-12H2,1H3/t15-/m1/s1. The molecule has 0 saturated carbocycles. The number of halogens is 2. The predicted octanol–water partition coefficient (Wildman–Crippen LogP) is 3.76. The van der Waals surface area contributed by atoms with Crippen LogP contribution in [0.1, 0.15) is 18.4 Å². The Labute approximate surface area is 146 Å². The van der Waals surface area contributed by atoms with E-state index in [0.717, 1.165) is 37.6 Å². The fourth-order valence-corrected chi connectivity index (χ4v) is 3.18. The van der Waals surface area contributed by atoms with E-state index in [1.165, 1.54) is 6.07 Å². The van der Waals surface area contributed by atoms with Crippen molar-refractivity contribution in [3.8, 4) is 11.5 Å². The number of hydrogen-bond donors (Lipinski definition) is 2. The van der Waals surface area contributed by atoms with Gasteiger partial charge in [-0.05, 0) is 37.6 Å². The summed E-state index contributed by atoms with van der Waals surface area (Å²) in [6.45, 7) is 2.33. The van der Waals surface area contributed by atoms with Crippen molar-refractivity contribution in [2.75, 3.05) is 25.5 Å². The number of phenolic OH excluding ortho intramolecular Hbond substituents is 1. The summed E-state index contributed by atoms with van der Waals surface area (Å²) in [7, 11) is 1.56. The number of methoxy groups -OCH3 is 1. The van der Waals surface area contributed by atoms with E-state index in [4.69, 9.17) is 4.74 Å². The summed E-state index contributed by atoms with van der Waals surface area (Å²) >= 11 is 0. The van der Waals surface area contributed by atoms with E-state index < -0.39 is 11.6 Å². The number of ether oxygens (including phenoxy) is 1. The Hall–Kier alpha value is -2.34. The van der Waals surface area contributed by atoms with Gasteiger partial charge in [-0.1, -0.05) is 6.07 Å². The van der Waals surface area contributed by atoms with Crippen molar-refractivity contribution in [3.63, 3.8) is 0 Å². The maximum Gasteiger partial charge on any atom is 0.160 e. The Morgan fingerprint density at radius 1 is 1.20 bits per heavy atom. The molecule has 1 aliphatic rings. The SMILES string of the molecule is COc1ccc(CN2CCC[C@@H](Nc3ccc(F)c(F)c3)C2)c(O)c1. The number of nitrogens with one attached hydrogen (secondary N) is 1. The molecule has 1 fully saturated rings. The first-order valence-electron chi connectivity index (χ1n) is 8.35. The van der Waals surface area contributed by atoms with Crippen LogP contribution in [0.15, 0.2) is 36.4 Å². The summed E-state index contributed by atoms with van der Waals surface area (Å²) in [5, 5.41) is 13.4. The summed E-state index contributed by atoms with van der Waals surface area (Å²) in [4.78, 5) is 2.24. The van der Waals surface area contributed by atoms with Crippen molar-refractivity contribution in [2.45, 2.75) is 25.4 Å². The molecule has 0 amide bonds. The number of nitrogens with zero attached hydrogens (tertiary/aromatic N) is 1. The van der Waals surface area contributed by atoms with Gasteiger partial charge in [0, 0.05) is 42.5 Å². The van der Waals surface area contributed by atoms with Crippen LogP contribution in [-0.4, -0.2) is 36.2 Å². The molecule has 1 atom stereocenters. The monoisotopic (exact) mass is 348 g/mol. The molecule has 25 heavy (non-hydrogen) atoms. The van der Waals surface area contributed by atoms with E-state index in [-0.39, 0.29) is 11.8 Å². The molecule has 3 rings (SSSR count). The summed E-state index contributed by atoms with van der Waals surface area (Å²) in [5.41, 5.74) is 1.42. The van der Waals surface area contributed by atoms with Crippen LogP contribution in [0.3, 0.4) is 0 Å². The van der Waals surface area contributed by atoms with Gasteiger partial charge in [0.05, 0.1) is 7.11 Å². The second kappa shape index (κ2) is 7.70. The van der Waals surface area contributed by atoms with Gasteiger partial charge in [0.25, 0.3) is 0 Å². The van der Waals surface area contributed by atoms with Gasteiger partial charge in [0.15, 0.2) is 11.6 Å². The van der Waals surface area contributed by atoms with Gasteiger partial charge in [0.2, 0.25) is 0 Å². The Morgan fingerprint density at radius 3 is 2.76 bits per heavy atom. The molecule has 0 spiro atoms. The first kappa shape index (κ1) is 17.5. The molecule has 4 nitrogen and oxygen atoms in total. The van der Waals surface area contributed by atoms with Crippen molar-refractivity contribution >= 4 is 5.69 Å². The van der Waals surface area contributed by atoms with Crippen molar-refractivity contribution < 1.29 is 18.6 Å². The van der Waals surface area contributed by atoms with E-state index >= 15 is 0 Å². The largest absolute Gasteiger partial charge is 0.507 e. The molecule has 1 saturated heterocycles. The average Bonchev–Trinajstić information content (AvgIpc) is 2.60. The summed E-state index contributed by atoms with van der Waals surface area (Å²) in [5.74, 6) is -0.848. The van der Waals surface area contributed by atoms with Gasteiger partial charge >= 0.3 is 0 Å². The number of anilines is 1.